The largest absolute Gasteiger partial charge is 0.354 e. The van der Waals surface area contributed by atoms with E-state index in [0.717, 1.165) is 12.0 Å². The summed E-state index contributed by atoms with van der Waals surface area (Å²) in [7, 11) is 0. The number of amides is 2. The minimum Gasteiger partial charge on any atom is -0.354 e. The van der Waals surface area contributed by atoms with Crippen molar-refractivity contribution in [3.8, 4) is 0 Å². The van der Waals surface area contributed by atoms with Gasteiger partial charge in [-0.15, -0.1) is 0 Å². The van der Waals surface area contributed by atoms with Crippen LogP contribution in [0, 0.1) is 0 Å². The second kappa shape index (κ2) is 10.7. The quantitative estimate of drug-likeness (QED) is 0.617. The van der Waals surface area contributed by atoms with E-state index in [1.165, 1.54) is 4.90 Å². The molecule has 0 aliphatic rings. The number of carbonyl (C=O) groups excluding carboxylic acids is 2. The van der Waals surface area contributed by atoms with Gasteiger partial charge in [-0.3, -0.25) is 9.59 Å². The zero-order chi connectivity index (χ0) is 20.7. The molecule has 0 saturated carbocycles. The van der Waals surface area contributed by atoms with Crippen LogP contribution in [0.1, 0.15) is 31.4 Å². The highest BCUT2D eigenvalue weighted by atomic mass is 35.5. The van der Waals surface area contributed by atoms with E-state index < -0.39 is 6.04 Å². The van der Waals surface area contributed by atoms with Gasteiger partial charge in [0.05, 0.1) is 6.42 Å². The Hall–Kier alpha value is -1.75. The molecule has 1 atom stereocenters. The molecule has 2 rings (SSSR count). The van der Waals surface area contributed by atoms with Crippen molar-refractivity contribution in [3.05, 3.63) is 68.7 Å². The van der Waals surface area contributed by atoms with Crippen molar-refractivity contribution < 1.29 is 9.59 Å². The number of nitrogens with one attached hydrogen (secondary N) is 1. The summed E-state index contributed by atoms with van der Waals surface area (Å²) in [4.78, 5) is 27.2. The lowest BCUT2D eigenvalue weighted by Gasteiger charge is -2.29. The van der Waals surface area contributed by atoms with Crippen LogP contribution in [-0.4, -0.2) is 29.3 Å². The fourth-order valence-corrected chi connectivity index (χ4v) is 3.51. The molecule has 2 aromatic rings. The van der Waals surface area contributed by atoms with Gasteiger partial charge < -0.3 is 10.2 Å². The zero-order valence-electron chi connectivity index (χ0n) is 15.8. The molecule has 1 N–H and O–H groups in total. The summed E-state index contributed by atoms with van der Waals surface area (Å²) in [5.74, 6) is -0.448. The predicted molar refractivity (Wildman–Crippen MR) is 115 cm³/mol. The summed E-state index contributed by atoms with van der Waals surface area (Å²) in [6.07, 6.45) is 0.820. The molecule has 4 nitrogen and oxygen atoms in total. The van der Waals surface area contributed by atoms with Gasteiger partial charge >= 0.3 is 0 Å². The Labute approximate surface area is 180 Å². The molecule has 0 unspecified atom stereocenters. The molecule has 28 heavy (non-hydrogen) atoms. The molecule has 7 heteroatoms. The van der Waals surface area contributed by atoms with Crippen LogP contribution in [0.3, 0.4) is 0 Å². The molecule has 0 heterocycles. The van der Waals surface area contributed by atoms with Crippen molar-refractivity contribution >= 4 is 46.6 Å². The molecule has 0 aromatic heterocycles. The Morgan fingerprint density at radius 2 is 1.71 bits per heavy atom. The van der Waals surface area contributed by atoms with Gasteiger partial charge in [-0.2, -0.15) is 0 Å². The normalized spacial score (nSPS) is 11.8. The number of hydrogen-bond acceptors (Lipinski definition) is 2. The first kappa shape index (κ1) is 22.5. The maximum atomic E-state index is 13.1. The molecule has 2 amide bonds. The first-order chi connectivity index (χ1) is 13.3. The van der Waals surface area contributed by atoms with Gasteiger partial charge in [0.1, 0.15) is 6.04 Å². The number of nitrogens with zero attached hydrogens (tertiary/aromatic N) is 1. The average molecular weight is 442 g/mol. The van der Waals surface area contributed by atoms with Crippen LogP contribution >= 0.6 is 34.8 Å². The van der Waals surface area contributed by atoms with Crippen molar-refractivity contribution in [1.82, 2.24) is 10.2 Å². The van der Waals surface area contributed by atoms with E-state index in [4.69, 9.17) is 34.8 Å². The summed E-state index contributed by atoms with van der Waals surface area (Å²) in [6, 6.07) is 11.7. The second-order valence-corrected chi connectivity index (χ2v) is 7.75. The second-order valence-electron chi connectivity index (χ2n) is 6.50. The van der Waals surface area contributed by atoms with E-state index >= 15 is 0 Å². The predicted octanol–water partition coefficient (Wildman–Crippen LogP) is 5.13. The Balaban J connectivity index is 2.28. The van der Waals surface area contributed by atoms with Gasteiger partial charge in [-0.25, -0.2) is 0 Å². The molecule has 150 valence electrons. The summed E-state index contributed by atoms with van der Waals surface area (Å²) in [5, 5.41) is 4.26. The zero-order valence-corrected chi connectivity index (χ0v) is 18.1. The highest BCUT2D eigenvalue weighted by Gasteiger charge is 2.27. The Morgan fingerprint density at radius 1 is 1.07 bits per heavy atom. The summed E-state index contributed by atoms with van der Waals surface area (Å²) in [5.41, 5.74) is 1.38. The van der Waals surface area contributed by atoms with E-state index in [9.17, 15) is 9.59 Å². The number of carbonyl (C=O) groups is 2. The van der Waals surface area contributed by atoms with Crippen LogP contribution in [0.2, 0.25) is 15.1 Å². The number of benzene rings is 2. The van der Waals surface area contributed by atoms with Crippen molar-refractivity contribution in [2.75, 3.05) is 6.54 Å². The third kappa shape index (κ3) is 6.13. The third-order valence-electron chi connectivity index (χ3n) is 4.35. The van der Waals surface area contributed by atoms with Crippen LogP contribution in [-0.2, 0) is 22.6 Å². The lowest BCUT2D eigenvalue weighted by Crippen LogP contribution is -2.48. The highest BCUT2D eigenvalue weighted by Crippen LogP contribution is 2.26. The smallest absolute Gasteiger partial charge is 0.242 e. The summed E-state index contributed by atoms with van der Waals surface area (Å²) in [6.45, 7) is 4.49. The van der Waals surface area contributed by atoms with Crippen LogP contribution in [0.5, 0.6) is 0 Å². The van der Waals surface area contributed by atoms with Gasteiger partial charge in [0.15, 0.2) is 0 Å². The minimum atomic E-state index is -0.653. The van der Waals surface area contributed by atoms with Crippen LogP contribution in [0.25, 0.3) is 0 Å². The molecular weight excluding hydrogens is 419 g/mol. The fourth-order valence-electron chi connectivity index (χ4n) is 2.76. The first-order valence-electron chi connectivity index (χ1n) is 9.08. The van der Waals surface area contributed by atoms with Gasteiger partial charge in [0, 0.05) is 28.2 Å². The fraction of sp³-hybridized carbons (Fsp3) is 0.333. The summed E-state index contributed by atoms with van der Waals surface area (Å²) < 4.78 is 0. The molecule has 0 fully saturated rings. The van der Waals surface area contributed by atoms with Gasteiger partial charge in [-0.1, -0.05) is 59.9 Å². The minimum absolute atomic E-state index is 0.00443. The monoisotopic (exact) mass is 440 g/mol. The van der Waals surface area contributed by atoms with Crippen LogP contribution in [0.4, 0.5) is 0 Å². The average Bonchev–Trinajstić information content (AvgIpc) is 2.66. The van der Waals surface area contributed by atoms with Crippen molar-refractivity contribution in [2.24, 2.45) is 0 Å². The van der Waals surface area contributed by atoms with Gasteiger partial charge in [0.2, 0.25) is 11.8 Å². The van der Waals surface area contributed by atoms with Gasteiger partial charge in [0.25, 0.3) is 0 Å². The lowest BCUT2D eigenvalue weighted by molar-refractivity contribution is -0.140. The number of hydrogen-bond donors (Lipinski definition) is 1. The molecule has 0 aliphatic carbocycles. The van der Waals surface area contributed by atoms with Crippen LogP contribution < -0.4 is 5.32 Å². The standard InChI is InChI=1S/C21H23Cl3N2O2/c1-3-10-25-21(28)14(2)26(13-15-6-4-7-16(22)11-15)20(27)12-17-18(23)8-5-9-19(17)24/h4-9,11,14H,3,10,12-13H2,1-2H3,(H,25,28)/t14-/m1/s1. The van der Waals surface area contributed by atoms with Gasteiger partial charge in [-0.05, 0) is 48.7 Å². The number of rotatable bonds is 8. The maximum absolute atomic E-state index is 13.1. The molecule has 0 radical (unpaired) electrons. The van der Waals surface area contributed by atoms with Crippen LogP contribution in [0.15, 0.2) is 42.5 Å². The van der Waals surface area contributed by atoms with Crippen molar-refractivity contribution in [2.45, 2.75) is 39.3 Å². The molecule has 0 aliphatic heterocycles. The molecule has 0 saturated heterocycles. The lowest BCUT2D eigenvalue weighted by atomic mass is 10.1. The van der Waals surface area contributed by atoms with E-state index in [1.54, 1.807) is 37.3 Å². The highest BCUT2D eigenvalue weighted by molar-refractivity contribution is 6.36. The van der Waals surface area contributed by atoms with E-state index in [-0.39, 0.29) is 24.8 Å². The van der Waals surface area contributed by atoms with E-state index in [2.05, 4.69) is 5.32 Å². The number of halogens is 3. The summed E-state index contributed by atoms with van der Waals surface area (Å²) >= 11 is 18.5. The SMILES string of the molecule is CCCNC(=O)[C@@H](C)N(Cc1cccc(Cl)c1)C(=O)Cc1c(Cl)cccc1Cl. The van der Waals surface area contributed by atoms with Crippen molar-refractivity contribution in [1.29, 1.82) is 0 Å². The maximum Gasteiger partial charge on any atom is 0.242 e. The molecular formula is C21H23Cl3N2O2. The third-order valence-corrected chi connectivity index (χ3v) is 5.29. The first-order valence-corrected chi connectivity index (χ1v) is 10.2. The molecule has 0 spiro atoms. The molecule has 2 aromatic carbocycles. The Bertz CT molecular complexity index is 822. The Kier molecular flexibility index (Phi) is 8.61. The van der Waals surface area contributed by atoms with E-state index in [1.807, 2.05) is 19.1 Å². The topological polar surface area (TPSA) is 49.4 Å². The Morgan fingerprint density at radius 3 is 2.32 bits per heavy atom. The molecule has 0 bridgehead atoms. The van der Waals surface area contributed by atoms with E-state index in [0.29, 0.717) is 27.2 Å². The van der Waals surface area contributed by atoms with Crippen molar-refractivity contribution in [3.63, 3.8) is 0 Å².